The van der Waals surface area contributed by atoms with Crippen LogP contribution in [0.2, 0.25) is 0 Å². The van der Waals surface area contributed by atoms with E-state index in [1.165, 1.54) is 0 Å². The first-order chi connectivity index (χ1) is 17.0. The van der Waals surface area contributed by atoms with Crippen molar-refractivity contribution in [2.75, 3.05) is 43.4 Å². The fraction of sp³-hybridized carbons (Fsp3) is 0.308. The topological polar surface area (TPSA) is 102 Å². The third-order valence-electron chi connectivity index (χ3n) is 6.53. The highest BCUT2D eigenvalue weighted by Gasteiger charge is 2.20. The van der Waals surface area contributed by atoms with Gasteiger partial charge < -0.3 is 20.1 Å². The molecule has 6 rings (SSSR count). The van der Waals surface area contributed by atoms with Crippen LogP contribution < -0.4 is 10.2 Å². The van der Waals surface area contributed by atoms with Gasteiger partial charge in [-0.1, -0.05) is 6.07 Å². The van der Waals surface area contributed by atoms with Crippen molar-refractivity contribution in [2.24, 2.45) is 0 Å². The van der Waals surface area contributed by atoms with Crippen molar-refractivity contribution >= 4 is 33.4 Å². The molecule has 0 aliphatic carbocycles. The minimum atomic E-state index is 0.340. The average Bonchev–Trinajstić information content (AvgIpc) is 3.48. The molecule has 4 aromatic heterocycles. The van der Waals surface area contributed by atoms with Crippen molar-refractivity contribution in [3.8, 4) is 22.6 Å². The van der Waals surface area contributed by atoms with Crippen LogP contribution in [-0.4, -0.2) is 74.3 Å². The minimum absolute atomic E-state index is 0.340. The summed E-state index contributed by atoms with van der Waals surface area (Å²) < 4.78 is 0. The van der Waals surface area contributed by atoms with Crippen LogP contribution in [0.5, 0.6) is 0 Å². The molecule has 0 atom stereocenters. The molecule has 9 heteroatoms. The zero-order chi connectivity index (χ0) is 23.9. The number of pyridine rings is 2. The number of rotatable bonds is 5. The van der Waals surface area contributed by atoms with E-state index in [0.717, 1.165) is 70.8 Å². The Bertz CT molecular complexity index is 1490. The molecule has 1 saturated heterocycles. The predicted octanol–water partition coefficient (Wildman–Crippen LogP) is 4.14. The molecule has 1 aliphatic rings. The molecule has 1 fully saturated rings. The highest BCUT2D eigenvalue weighted by molar-refractivity contribution is 5.96. The zero-order valence-corrected chi connectivity index (χ0v) is 20.2. The summed E-state index contributed by atoms with van der Waals surface area (Å²) in [5.41, 5.74) is 7.68. The lowest BCUT2D eigenvalue weighted by Gasteiger charge is -2.34. The minimum Gasteiger partial charge on any atom is -0.382 e. The van der Waals surface area contributed by atoms with E-state index < -0.39 is 0 Å². The van der Waals surface area contributed by atoms with Crippen molar-refractivity contribution in [2.45, 2.75) is 19.9 Å². The molecular formula is C26H29N9. The fourth-order valence-electron chi connectivity index (χ4n) is 4.71. The number of likely N-dealkylation sites (N-methyl/N-ethyl adjacent to an activating group) is 1. The highest BCUT2D eigenvalue weighted by Crippen LogP contribution is 2.32. The molecule has 0 bridgehead atoms. The SMILES string of the molecule is CC(C)Nc1cncc(-c2ccc3[nH]nc(-c4nc5nccc(N6CCN(C)CC6)c5[nH]4)c3c2)c1. The van der Waals surface area contributed by atoms with Crippen molar-refractivity contribution < 1.29 is 0 Å². The maximum atomic E-state index is 4.82. The van der Waals surface area contributed by atoms with Crippen LogP contribution >= 0.6 is 0 Å². The standard InChI is InChI=1S/C26H29N9/c1-16(2)29-19-12-18(14-27-15-19)17-4-5-21-20(13-17)23(33-32-21)26-30-24-22(6-7-28-25(24)31-26)35-10-8-34(3)9-11-35/h4-7,12-16,29H,8-11H2,1-3H3,(H,32,33)(H,28,30,31). The predicted molar refractivity (Wildman–Crippen MR) is 141 cm³/mol. The van der Waals surface area contributed by atoms with E-state index in [2.05, 4.69) is 91.5 Å². The van der Waals surface area contributed by atoms with Gasteiger partial charge in [-0.3, -0.25) is 10.1 Å². The fourth-order valence-corrected chi connectivity index (χ4v) is 4.71. The van der Waals surface area contributed by atoms with Crippen LogP contribution in [0.15, 0.2) is 48.9 Å². The number of piperazine rings is 1. The summed E-state index contributed by atoms with van der Waals surface area (Å²) in [6.07, 6.45) is 5.58. The number of hydrogen-bond donors (Lipinski definition) is 3. The first-order valence-electron chi connectivity index (χ1n) is 12.0. The summed E-state index contributed by atoms with van der Waals surface area (Å²) in [7, 11) is 2.16. The van der Waals surface area contributed by atoms with E-state index >= 15 is 0 Å². The third-order valence-corrected chi connectivity index (χ3v) is 6.53. The zero-order valence-electron chi connectivity index (χ0n) is 20.2. The van der Waals surface area contributed by atoms with Crippen LogP contribution in [-0.2, 0) is 0 Å². The molecule has 1 aromatic carbocycles. The van der Waals surface area contributed by atoms with Gasteiger partial charge in [0.15, 0.2) is 11.5 Å². The molecule has 9 nitrogen and oxygen atoms in total. The monoisotopic (exact) mass is 467 g/mol. The molecule has 0 spiro atoms. The number of nitrogens with one attached hydrogen (secondary N) is 3. The van der Waals surface area contributed by atoms with Gasteiger partial charge >= 0.3 is 0 Å². The van der Waals surface area contributed by atoms with Gasteiger partial charge in [-0.15, -0.1) is 0 Å². The molecule has 5 heterocycles. The van der Waals surface area contributed by atoms with Crippen LogP contribution in [0.4, 0.5) is 11.4 Å². The van der Waals surface area contributed by atoms with Crippen LogP contribution in [0.3, 0.4) is 0 Å². The normalized spacial score (nSPS) is 14.9. The summed E-state index contributed by atoms with van der Waals surface area (Å²) >= 11 is 0. The number of nitrogens with zero attached hydrogens (tertiary/aromatic N) is 6. The lowest BCUT2D eigenvalue weighted by Crippen LogP contribution is -2.44. The molecule has 0 radical (unpaired) electrons. The van der Waals surface area contributed by atoms with Gasteiger partial charge in [0, 0.05) is 61.8 Å². The second-order valence-electron chi connectivity index (χ2n) is 9.50. The van der Waals surface area contributed by atoms with E-state index in [9.17, 15) is 0 Å². The average molecular weight is 468 g/mol. The van der Waals surface area contributed by atoms with E-state index in [1.54, 1.807) is 0 Å². The smallest absolute Gasteiger partial charge is 0.180 e. The maximum Gasteiger partial charge on any atom is 0.180 e. The second kappa shape index (κ2) is 8.66. The van der Waals surface area contributed by atoms with E-state index in [-0.39, 0.29) is 0 Å². The van der Waals surface area contributed by atoms with Gasteiger partial charge in [-0.2, -0.15) is 5.10 Å². The first-order valence-corrected chi connectivity index (χ1v) is 12.0. The number of hydrogen-bond acceptors (Lipinski definition) is 7. The van der Waals surface area contributed by atoms with Crippen LogP contribution in [0, 0.1) is 0 Å². The van der Waals surface area contributed by atoms with Crippen molar-refractivity contribution in [1.29, 1.82) is 0 Å². The molecule has 0 amide bonds. The summed E-state index contributed by atoms with van der Waals surface area (Å²) in [4.78, 5) is 22.1. The number of fused-ring (bicyclic) bond motifs is 2. The number of H-pyrrole nitrogens is 2. The summed E-state index contributed by atoms with van der Waals surface area (Å²) in [6, 6.07) is 10.8. The van der Waals surface area contributed by atoms with Crippen molar-refractivity contribution in [1.82, 2.24) is 35.0 Å². The number of aromatic nitrogens is 6. The molecule has 5 aromatic rings. The molecule has 35 heavy (non-hydrogen) atoms. The number of benzene rings is 1. The Morgan fingerprint density at radius 3 is 2.69 bits per heavy atom. The number of imidazole rings is 1. The Morgan fingerprint density at radius 1 is 1.00 bits per heavy atom. The second-order valence-corrected chi connectivity index (χ2v) is 9.50. The molecule has 0 unspecified atom stereocenters. The Labute approximate surface area is 203 Å². The van der Waals surface area contributed by atoms with Crippen molar-refractivity contribution in [3.63, 3.8) is 0 Å². The molecule has 1 aliphatic heterocycles. The summed E-state index contributed by atoms with van der Waals surface area (Å²) in [5.74, 6) is 0.714. The van der Waals surface area contributed by atoms with Gasteiger partial charge in [0.25, 0.3) is 0 Å². The van der Waals surface area contributed by atoms with Gasteiger partial charge in [0.05, 0.1) is 16.9 Å². The molecule has 178 valence electrons. The largest absolute Gasteiger partial charge is 0.382 e. The Morgan fingerprint density at radius 2 is 1.86 bits per heavy atom. The Hall–Kier alpha value is -3.98. The maximum absolute atomic E-state index is 4.82. The van der Waals surface area contributed by atoms with Crippen LogP contribution in [0.1, 0.15) is 13.8 Å². The third kappa shape index (κ3) is 4.08. The number of aromatic amines is 2. The lowest BCUT2D eigenvalue weighted by molar-refractivity contribution is 0.313. The van der Waals surface area contributed by atoms with Gasteiger partial charge in [-0.25, -0.2) is 9.97 Å². The Balaban J connectivity index is 1.39. The summed E-state index contributed by atoms with van der Waals surface area (Å²) in [5, 5.41) is 12.2. The van der Waals surface area contributed by atoms with Gasteiger partial charge in [0.2, 0.25) is 0 Å². The van der Waals surface area contributed by atoms with Crippen molar-refractivity contribution in [3.05, 3.63) is 48.9 Å². The van der Waals surface area contributed by atoms with Gasteiger partial charge in [-0.05, 0) is 50.7 Å². The lowest BCUT2D eigenvalue weighted by atomic mass is 10.0. The van der Waals surface area contributed by atoms with E-state index in [4.69, 9.17) is 4.98 Å². The molecule has 3 N–H and O–H groups in total. The highest BCUT2D eigenvalue weighted by atomic mass is 15.3. The quantitative estimate of drug-likeness (QED) is 0.357. The first kappa shape index (κ1) is 21.5. The van der Waals surface area contributed by atoms with E-state index in [1.807, 2.05) is 18.6 Å². The number of anilines is 2. The summed E-state index contributed by atoms with van der Waals surface area (Å²) in [6.45, 7) is 8.29. The van der Waals surface area contributed by atoms with E-state index in [0.29, 0.717) is 17.5 Å². The molecular weight excluding hydrogens is 438 g/mol. The molecule has 0 saturated carbocycles. The van der Waals surface area contributed by atoms with Gasteiger partial charge in [0.1, 0.15) is 11.2 Å². The van der Waals surface area contributed by atoms with Crippen LogP contribution in [0.25, 0.3) is 44.7 Å². The Kier molecular flexibility index (Phi) is 5.33.